The van der Waals surface area contributed by atoms with Crippen LogP contribution in [0.5, 0.6) is 0 Å². The minimum absolute atomic E-state index is 0.00467. The Morgan fingerprint density at radius 3 is 3.00 bits per heavy atom. The number of anilines is 4. The monoisotopic (exact) mass is 378 g/mol. The average Bonchev–Trinajstić information content (AvgIpc) is 3.31. The van der Waals surface area contributed by atoms with Crippen LogP contribution in [0.1, 0.15) is 25.8 Å². The van der Waals surface area contributed by atoms with Crippen LogP contribution in [-0.2, 0) is 10.2 Å². The predicted molar refractivity (Wildman–Crippen MR) is 107 cm³/mol. The van der Waals surface area contributed by atoms with Crippen molar-refractivity contribution in [1.29, 1.82) is 0 Å². The number of nitrogens with zero attached hydrogens (tertiary/aromatic N) is 5. The standard InChI is InChI=1S/C19H22N8O/c1-19(2)13-4-3-12(9-14(13)23-17(19)28)22-18-24-16-15(21-6-8-27(16)25-18)26-7-5-11(20)10-26/h3-4,6,8-9,11H,5,7,10,20H2,1-2H3,(H,22,25)(H,23,28). The molecule has 0 aliphatic carbocycles. The molecule has 9 nitrogen and oxygen atoms in total. The van der Waals surface area contributed by atoms with Crippen LogP contribution >= 0.6 is 0 Å². The molecule has 28 heavy (non-hydrogen) atoms. The quantitative estimate of drug-likeness (QED) is 0.635. The molecule has 0 saturated carbocycles. The fourth-order valence-corrected chi connectivity index (χ4v) is 3.86. The summed E-state index contributed by atoms with van der Waals surface area (Å²) in [4.78, 5) is 23.4. The molecule has 4 heterocycles. The number of rotatable bonds is 3. The van der Waals surface area contributed by atoms with Crippen molar-refractivity contribution in [1.82, 2.24) is 19.6 Å². The molecule has 3 aromatic rings. The summed E-state index contributed by atoms with van der Waals surface area (Å²) in [7, 11) is 0. The van der Waals surface area contributed by atoms with Crippen molar-refractivity contribution < 1.29 is 4.79 Å². The second-order valence-electron chi connectivity index (χ2n) is 7.91. The van der Waals surface area contributed by atoms with Crippen molar-refractivity contribution in [3.8, 4) is 0 Å². The van der Waals surface area contributed by atoms with Gasteiger partial charge in [-0.3, -0.25) is 4.79 Å². The maximum Gasteiger partial charge on any atom is 0.247 e. The zero-order valence-electron chi connectivity index (χ0n) is 15.8. The zero-order valence-corrected chi connectivity index (χ0v) is 15.8. The molecule has 1 amide bonds. The summed E-state index contributed by atoms with van der Waals surface area (Å²) in [6, 6.07) is 5.97. The molecule has 2 aliphatic rings. The lowest BCUT2D eigenvalue weighted by molar-refractivity contribution is -0.119. The molecule has 1 fully saturated rings. The minimum atomic E-state index is -0.521. The van der Waals surface area contributed by atoms with Crippen molar-refractivity contribution in [2.75, 3.05) is 28.6 Å². The largest absolute Gasteiger partial charge is 0.352 e. The van der Waals surface area contributed by atoms with Crippen LogP contribution in [0.25, 0.3) is 5.65 Å². The lowest BCUT2D eigenvalue weighted by Gasteiger charge is -2.16. The summed E-state index contributed by atoms with van der Waals surface area (Å²) in [5.74, 6) is 1.27. The van der Waals surface area contributed by atoms with Gasteiger partial charge in [0.2, 0.25) is 11.9 Å². The summed E-state index contributed by atoms with van der Waals surface area (Å²) >= 11 is 0. The number of amides is 1. The van der Waals surface area contributed by atoms with Gasteiger partial charge in [0.15, 0.2) is 11.5 Å². The Morgan fingerprint density at radius 2 is 2.21 bits per heavy atom. The van der Waals surface area contributed by atoms with Gasteiger partial charge in [-0.25, -0.2) is 9.50 Å². The molecule has 5 rings (SSSR count). The number of carbonyl (C=O) groups is 1. The zero-order chi connectivity index (χ0) is 19.5. The summed E-state index contributed by atoms with van der Waals surface area (Å²) in [6.07, 6.45) is 4.44. The predicted octanol–water partition coefficient (Wildman–Crippen LogP) is 1.63. The number of hydrogen-bond donors (Lipinski definition) is 3. The molecule has 9 heteroatoms. The summed E-state index contributed by atoms with van der Waals surface area (Å²) in [5, 5.41) is 10.7. The van der Waals surface area contributed by atoms with Gasteiger partial charge in [0, 0.05) is 42.9 Å². The molecule has 1 atom stereocenters. The smallest absolute Gasteiger partial charge is 0.247 e. The van der Waals surface area contributed by atoms with E-state index >= 15 is 0 Å². The van der Waals surface area contributed by atoms with Gasteiger partial charge in [-0.15, -0.1) is 5.10 Å². The number of nitrogens with one attached hydrogen (secondary N) is 2. The molecular formula is C19H22N8O. The second kappa shape index (κ2) is 5.90. The highest BCUT2D eigenvalue weighted by Gasteiger charge is 2.38. The fraction of sp³-hybridized carbons (Fsp3) is 0.368. The molecule has 1 aromatic carbocycles. The molecule has 1 unspecified atom stereocenters. The van der Waals surface area contributed by atoms with Crippen molar-refractivity contribution in [3.05, 3.63) is 36.2 Å². The number of benzene rings is 1. The number of nitrogens with two attached hydrogens (primary N) is 1. The molecule has 4 N–H and O–H groups in total. The molecule has 1 saturated heterocycles. The van der Waals surface area contributed by atoms with Crippen LogP contribution in [0.15, 0.2) is 30.6 Å². The second-order valence-corrected chi connectivity index (χ2v) is 7.91. The van der Waals surface area contributed by atoms with Gasteiger partial charge >= 0.3 is 0 Å². The first-order valence-corrected chi connectivity index (χ1v) is 9.37. The third kappa shape index (κ3) is 2.58. The van der Waals surface area contributed by atoms with E-state index < -0.39 is 5.41 Å². The Hall–Kier alpha value is -3.20. The summed E-state index contributed by atoms with van der Waals surface area (Å²) in [5.41, 5.74) is 8.82. The SMILES string of the molecule is CC1(C)C(=O)Nc2cc(Nc3nc4c(N5CCC(N)C5)nccn4n3)ccc21. The van der Waals surface area contributed by atoms with Crippen LogP contribution < -0.4 is 21.3 Å². The van der Waals surface area contributed by atoms with Gasteiger partial charge < -0.3 is 21.3 Å². The Balaban J connectivity index is 1.45. The summed E-state index contributed by atoms with van der Waals surface area (Å²) < 4.78 is 1.72. The van der Waals surface area contributed by atoms with Gasteiger partial charge in [-0.05, 0) is 38.0 Å². The number of fused-ring (bicyclic) bond motifs is 2. The Kier molecular flexibility index (Phi) is 3.57. The first-order valence-electron chi connectivity index (χ1n) is 9.37. The third-order valence-corrected chi connectivity index (χ3v) is 5.53. The third-order valence-electron chi connectivity index (χ3n) is 5.53. The van der Waals surface area contributed by atoms with Crippen LogP contribution in [0.4, 0.5) is 23.1 Å². The topological polar surface area (TPSA) is 113 Å². The summed E-state index contributed by atoms with van der Waals surface area (Å²) in [6.45, 7) is 5.47. The number of aromatic nitrogens is 4. The van der Waals surface area contributed by atoms with E-state index in [1.807, 2.05) is 32.0 Å². The molecule has 0 spiro atoms. The van der Waals surface area contributed by atoms with Crippen LogP contribution in [-0.4, -0.2) is 44.6 Å². The van der Waals surface area contributed by atoms with E-state index in [1.165, 1.54) is 0 Å². The molecule has 2 aromatic heterocycles. The van der Waals surface area contributed by atoms with E-state index in [0.29, 0.717) is 11.6 Å². The van der Waals surface area contributed by atoms with E-state index in [1.54, 1.807) is 16.9 Å². The highest BCUT2D eigenvalue weighted by molar-refractivity contribution is 6.06. The van der Waals surface area contributed by atoms with Gasteiger partial charge in [0.05, 0.1) is 5.41 Å². The van der Waals surface area contributed by atoms with Gasteiger partial charge in [-0.1, -0.05) is 6.07 Å². The Morgan fingerprint density at radius 1 is 1.36 bits per heavy atom. The first-order chi connectivity index (χ1) is 13.4. The number of hydrogen-bond acceptors (Lipinski definition) is 7. The molecule has 0 radical (unpaired) electrons. The van der Waals surface area contributed by atoms with Crippen LogP contribution in [0.2, 0.25) is 0 Å². The Labute approximate surface area is 162 Å². The van der Waals surface area contributed by atoms with Crippen molar-refractivity contribution in [2.24, 2.45) is 5.73 Å². The van der Waals surface area contributed by atoms with E-state index in [4.69, 9.17) is 5.73 Å². The maximum atomic E-state index is 12.1. The first kappa shape index (κ1) is 16.9. The maximum absolute atomic E-state index is 12.1. The van der Waals surface area contributed by atoms with E-state index in [-0.39, 0.29) is 11.9 Å². The Bertz CT molecular complexity index is 1090. The van der Waals surface area contributed by atoms with Gasteiger partial charge in [0.1, 0.15) is 0 Å². The van der Waals surface area contributed by atoms with Gasteiger partial charge in [-0.2, -0.15) is 4.98 Å². The lowest BCUT2D eigenvalue weighted by Crippen LogP contribution is -2.27. The van der Waals surface area contributed by atoms with Crippen molar-refractivity contribution >= 4 is 34.7 Å². The highest BCUT2D eigenvalue weighted by Crippen LogP contribution is 2.39. The minimum Gasteiger partial charge on any atom is -0.352 e. The van der Waals surface area contributed by atoms with Crippen molar-refractivity contribution in [3.63, 3.8) is 0 Å². The fourth-order valence-electron chi connectivity index (χ4n) is 3.86. The van der Waals surface area contributed by atoms with E-state index in [0.717, 1.165) is 42.3 Å². The molecular weight excluding hydrogens is 356 g/mol. The average molecular weight is 378 g/mol. The van der Waals surface area contributed by atoms with Crippen molar-refractivity contribution in [2.45, 2.75) is 31.7 Å². The van der Waals surface area contributed by atoms with Crippen LogP contribution in [0, 0.1) is 0 Å². The van der Waals surface area contributed by atoms with Crippen LogP contribution in [0.3, 0.4) is 0 Å². The number of carbonyl (C=O) groups excluding carboxylic acids is 1. The van der Waals surface area contributed by atoms with E-state index in [2.05, 4.69) is 30.6 Å². The normalized spacial score (nSPS) is 20.5. The molecule has 0 bridgehead atoms. The highest BCUT2D eigenvalue weighted by atomic mass is 16.2. The van der Waals surface area contributed by atoms with E-state index in [9.17, 15) is 4.79 Å². The van der Waals surface area contributed by atoms with Gasteiger partial charge in [0.25, 0.3) is 0 Å². The molecule has 2 aliphatic heterocycles. The lowest BCUT2D eigenvalue weighted by atomic mass is 9.86. The molecule has 144 valence electrons.